The molecule has 1 amide bonds. The smallest absolute Gasteiger partial charge is 0.223 e. The largest absolute Gasteiger partial charge is 0.347 e. The molecule has 2 heterocycles. The fourth-order valence-corrected chi connectivity index (χ4v) is 2.87. The number of hydrogen-bond acceptors (Lipinski definition) is 4. The SMILES string of the molecule is CCCCN(C)CCC(=O)N1CCC2(CC1)OCCO2. The molecule has 0 radical (unpaired) electrons. The molecule has 0 bridgehead atoms. The maximum atomic E-state index is 12.2. The van der Waals surface area contributed by atoms with Gasteiger partial charge in [0.25, 0.3) is 0 Å². The van der Waals surface area contributed by atoms with Gasteiger partial charge in [-0.2, -0.15) is 0 Å². The highest BCUT2D eigenvalue weighted by atomic mass is 16.7. The number of ether oxygens (including phenoxy) is 2. The Labute approximate surface area is 122 Å². The Hall–Kier alpha value is -0.650. The molecule has 0 unspecified atom stereocenters. The number of piperidine rings is 1. The van der Waals surface area contributed by atoms with Crippen LogP contribution >= 0.6 is 0 Å². The first-order valence-corrected chi connectivity index (χ1v) is 7.89. The Kier molecular flexibility index (Phi) is 5.81. The molecule has 2 fully saturated rings. The Balaban J connectivity index is 1.66. The normalized spacial score (nSPS) is 21.9. The van der Waals surface area contributed by atoms with Gasteiger partial charge in [-0.1, -0.05) is 13.3 Å². The first-order valence-electron chi connectivity index (χ1n) is 7.89. The Morgan fingerprint density at radius 1 is 1.20 bits per heavy atom. The van der Waals surface area contributed by atoms with Crippen molar-refractivity contribution in [1.82, 2.24) is 9.80 Å². The summed E-state index contributed by atoms with van der Waals surface area (Å²) in [5.74, 6) is -0.115. The van der Waals surface area contributed by atoms with Crippen LogP contribution in [0.3, 0.4) is 0 Å². The second kappa shape index (κ2) is 7.38. The average Bonchev–Trinajstić information content (AvgIpc) is 2.91. The number of nitrogens with zero attached hydrogens (tertiary/aromatic N) is 2. The van der Waals surface area contributed by atoms with Crippen LogP contribution < -0.4 is 0 Å². The van der Waals surface area contributed by atoms with E-state index in [1.807, 2.05) is 4.90 Å². The molecule has 0 aliphatic carbocycles. The van der Waals surface area contributed by atoms with Crippen molar-refractivity contribution in [2.24, 2.45) is 0 Å². The summed E-state index contributed by atoms with van der Waals surface area (Å²) < 4.78 is 11.4. The molecule has 0 N–H and O–H groups in total. The predicted molar refractivity (Wildman–Crippen MR) is 77.5 cm³/mol. The molecule has 2 aliphatic rings. The summed E-state index contributed by atoms with van der Waals surface area (Å²) in [5.41, 5.74) is 0. The van der Waals surface area contributed by atoms with E-state index in [4.69, 9.17) is 9.47 Å². The van der Waals surface area contributed by atoms with Crippen LogP contribution in [0.2, 0.25) is 0 Å². The molecule has 0 aromatic heterocycles. The summed E-state index contributed by atoms with van der Waals surface area (Å²) in [6.45, 7) is 7.03. The summed E-state index contributed by atoms with van der Waals surface area (Å²) in [5, 5.41) is 0. The molecule has 0 saturated carbocycles. The number of likely N-dealkylation sites (tertiary alicyclic amines) is 1. The molecule has 0 atom stereocenters. The fraction of sp³-hybridized carbons (Fsp3) is 0.933. The molecule has 20 heavy (non-hydrogen) atoms. The van der Waals surface area contributed by atoms with Gasteiger partial charge in [0.1, 0.15) is 0 Å². The summed E-state index contributed by atoms with van der Waals surface area (Å²) in [7, 11) is 2.09. The van der Waals surface area contributed by atoms with E-state index in [2.05, 4.69) is 18.9 Å². The number of carbonyl (C=O) groups is 1. The summed E-state index contributed by atoms with van der Waals surface area (Å²) in [6.07, 6.45) is 4.64. The third-order valence-corrected chi connectivity index (χ3v) is 4.29. The Bertz CT molecular complexity index is 306. The standard InChI is InChI=1S/C15H28N2O3/c1-3-4-8-16(2)9-5-14(18)17-10-6-15(7-11-17)19-12-13-20-15/h3-13H2,1-2H3. The molecule has 2 rings (SSSR count). The van der Waals surface area contributed by atoms with Gasteiger partial charge in [-0.25, -0.2) is 0 Å². The Morgan fingerprint density at radius 2 is 1.85 bits per heavy atom. The van der Waals surface area contributed by atoms with Crippen molar-refractivity contribution in [3.63, 3.8) is 0 Å². The lowest BCUT2D eigenvalue weighted by Gasteiger charge is -2.37. The van der Waals surface area contributed by atoms with Gasteiger partial charge in [0.15, 0.2) is 5.79 Å². The minimum absolute atomic E-state index is 0.265. The lowest BCUT2D eigenvalue weighted by Crippen LogP contribution is -2.47. The van der Waals surface area contributed by atoms with Crippen LogP contribution in [0, 0.1) is 0 Å². The number of unbranched alkanes of at least 4 members (excludes halogenated alkanes) is 1. The van der Waals surface area contributed by atoms with Gasteiger partial charge < -0.3 is 19.3 Å². The predicted octanol–water partition coefficient (Wildman–Crippen LogP) is 1.47. The van der Waals surface area contributed by atoms with E-state index in [1.54, 1.807) is 0 Å². The molecule has 1 spiro atoms. The molecule has 2 aliphatic heterocycles. The topological polar surface area (TPSA) is 42.0 Å². The highest BCUT2D eigenvalue weighted by Gasteiger charge is 2.40. The van der Waals surface area contributed by atoms with Gasteiger partial charge in [-0.05, 0) is 20.0 Å². The van der Waals surface area contributed by atoms with Crippen molar-refractivity contribution in [3.8, 4) is 0 Å². The maximum Gasteiger partial charge on any atom is 0.223 e. The van der Waals surface area contributed by atoms with Gasteiger partial charge >= 0.3 is 0 Å². The second-order valence-electron chi connectivity index (χ2n) is 5.90. The molecule has 5 nitrogen and oxygen atoms in total. The van der Waals surface area contributed by atoms with Crippen LogP contribution in [0.1, 0.15) is 39.0 Å². The third-order valence-electron chi connectivity index (χ3n) is 4.29. The molecule has 5 heteroatoms. The van der Waals surface area contributed by atoms with Crippen LogP contribution in [0.25, 0.3) is 0 Å². The van der Waals surface area contributed by atoms with Gasteiger partial charge in [0, 0.05) is 38.9 Å². The fourth-order valence-electron chi connectivity index (χ4n) is 2.87. The quantitative estimate of drug-likeness (QED) is 0.741. The third kappa shape index (κ3) is 4.17. The van der Waals surface area contributed by atoms with E-state index < -0.39 is 0 Å². The van der Waals surface area contributed by atoms with E-state index >= 15 is 0 Å². The van der Waals surface area contributed by atoms with Gasteiger partial charge in [-0.3, -0.25) is 4.79 Å². The van der Waals surface area contributed by atoms with Crippen LogP contribution in [0.5, 0.6) is 0 Å². The van der Waals surface area contributed by atoms with E-state index in [0.29, 0.717) is 19.6 Å². The molecular formula is C15H28N2O3. The van der Waals surface area contributed by atoms with E-state index in [0.717, 1.165) is 39.0 Å². The first-order chi connectivity index (χ1) is 9.65. The van der Waals surface area contributed by atoms with E-state index in [9.17, 15) is 4.79 Å². The van der Waals surface area contributed by atoms with Gasteiger partial charge in [0.2, 0.25) is 5.91 Å². The van der Waals surface area contributed by atoms with Crippen molar-refractivity contribution < 1.29 is 14.3 Å². The van der Waals surface area contributed by atoms with Crippen LogP contribution in [0.15, 0.2) is 0 Å². The van der Waals surface area contributed by atoms with Crippen molar-refractivity contribution in [3.05, 3.63) is 0 Å². The lowest BCUT2D eigenvalue weighted by molar-refractivity contribution is -0.187. The molecule has 0 aromatic carbocycles. The summed E-state index contributed by atoms with van der Waals surface area (Å²) in [6, 6.07) is 0. The van der Waals surface area contributed by atoms with Crippen LogP contribution in [-0.4, -0.2) is 67.9 Å². The lowest BCUT2D eigenvalue weighted by atomic mass is 10.0. The second-order valence-corrected chi connectivity index (χ2v) is 5.90. The van der Waals surface area contributed by atoms with Gasteiger partial charge in [-0.15, -0.1) is 0 Å². The molecule has 0 aromatic rings. The highest BCUT2D eigenvalue weighted by Crippen LogP contribution is 2.31. The van der Waals surface area contributed by atoms with Crippen molar-refractivity contribution >= 4 is 5.91 Å². The minimum Gasteiger partial charge on any atom is -0.347 e. The zero-order valence-corrected chi connectivity index (χ0v) is 12.9. The molecule has 116 valence electrons. The minimum atomic E-state index is -0.380. The van der Waals surface area contributed by atoms with Crippen LogP contribution in [0.4, 0.5) is 0 Å². The molecule has 2 saturated heterocycles. The van der Waals surface area contributed by atoms with E-state index in [-0.39, 0.29) is 11.7 Å². The van der Waals surface area contributed by atoms with E-state index in [1.165, 1.54) is 12.8 Å². The number of amides is 1. The highest BCUT2D eigenvalue weighted by molar-refractivity contribution is 5.76. The van der Waals surface area contributed by atoms with Crippen LogP contribution in [-0.2, 0) is 14.3 Å². The zero-order chi connectivity index (χ0) is 14.4. The summed E-state index contributed by atoms with van der Waals surface area (Å²) >= 11 is 0. The average molecular weight is 284 g/mol. The Morgan fingerprint density at radius 3 is 2.45 bits per heavy atom. The van der Waals surface area contributed by atoms with Crippen molar-refractivity contribution in [1.29, 1.82) is 0 Å². The summed E-state index contributed by atoms with van der Waals surface area (Å²) in [4.78, 5) is 16.4. The molecular weight excluding hydrogens is 256 g/mol. The van der Waals surface area contributed by atoms with Crippen molar-refractivity contribution in [2.75, 3.05) is 46.4 Å². The first kappa shape index (κ1) is 15.7. The maximum absolute atomic E-state index is 12.2. The number of rotatable bonds is 6. The number of hydrogen-bond donors (Lipinski definition) is 0. The zero-order valence-electron chi connectivity index (χ0n) is 12.9. The monoisotopic (exact) mass is 284 g/mol. The van der Waals surface area contributed by atoms with Crippen molar-refractivity contribution in [2.45, 2.75) is 44.8 Å². The van der Waals surface area contributed by atoms with Gasteiger partial charge in [0.05, 0.1) is 13.2 Å². The number of carbonyl (C=O) groups excluding carboxylic acids is 1.